The zero-order valence-electron chi connectivity index (χ0n) is 9.49. The van der Waals surface area contributed by atoms with Crippen molar-refractivity contribution in [3.8, 4) is 5.75 Å². The van der Waals surface area contributed by atoms with Crippen molar-refractivity contribution >= 4 is 0 Å². The van der Waals surface area contributed by atoms with Crippen LogP contribution in [-0.2, 0) is 0 Å². The molecular weight excluding hydrogens is 186 g/mol. The van der Waals surface area contributed by atoms with E-state index in [2.05, 4.69) is 25.2 Å². The summed E-state index contributed by atoms with van der Waals surface area (Å²) in [6.45, 7) is 6.70. The molecule has 0 atom stereocenters. The van der Waals surface area contributed by atoms with Crippen LogP contribution in [0.2, 0.25) is 0 Å². The number of ether oxygens (including phenoxy) is 1. The van der Waals surface area contributed by atoms with Crippen molar-refractivity contribution in [1.82, 2.24) is 5.32 Å². The molecule has 0 saturated carbocycles. The number of rotatable bonds is 6. The van der Waals surface area contributed by atoms with Gasteiger partial charge in [-0.25, -0.2) is 0 Å². The van der Waals surface area contributed by atoms with Gasteiger partial charge < -0.3 is 10.1 Å². The molecule has 1 rings (SSSR count). The Morgan fingerprint density at radius 2 is 2.00 bits per heavy atom. The minimum atomic E-state index is 0.709. The summed E-state index contributed by atoms with van der Waals surface area (Å²) in [4.78, 5) is 0. The summed E-state index contributed by atoms with van der Waals surface area (Å²) in [6, 6.07) is 9.88. The third kappa shape index (κ3) is 5.92. The smallest absolute Gasteiger partial charge is 0.119 e. The van der Waals surface area contributed by atoms with Crippen molar-refractivity contribution in [2.24, 2.45) is 0 Å². The maximum Gasteiger partial charge on any atom is 0.119 e. The van der Waals surface area contributed by atoms with Crippen LogP contribution >= 0.6 is 0 Å². The second-order valence-electron chi connectivity index (χ2n) is 3.65. The van der Waals surface area contributed by atoms with E-state index < -0.39 is 0 Å². The number of benzene rings is 1. The van der Waals surface area contributed by atoms with Gasteiger partial charge in [-0.1, -0.05) is 29.8 Å². The van der Waals surface area contributed by atoms with Crippen molar-refractivity contribution in [1.29, 1.82) is 0 Å². The third-order valence-corrected chi connectivity index (χ3v) is 1.95. The highest BCUT2D eigenvalue weighted by atomic mass is 16.5. The van der Waals surface area contributed by atoms with Crippen LogP contribution in [0.15, 0.2) is 42.0 Å². The normalized spacial score (nSPS) is 9.73. The van der Waals surface area contributed by atoms with Gasteiger partial charge in [-0.15, -0.1) is 0 Å². The molecule has 82 valence electrons. The van der Waals surface area contributed by atoms with E-state index in [-0.39, 0.29) is 0 Å². The fourth-order valence-electron chi connectivity index (χ4n) is 1.14. The second-order valence-corrected chi connectivity index (χ2v) is 3.65. The lowest BCUT2D eigenvalue weighted by molar-refractivity contribution is 0.316. The van der Waals surface area contributed by atoms with E-state index in [9.17, 15) is 0 Å². The quantitative estimate of drug-likeness (QED) is 0.569. The Kier molecular flexibility index (Phi) is 5.56. The first kappa shape index (κ1) is 11.8. The molecule has 0 fully saturated rings. The first-order valence-corrected chi connectivity index (χ1v) is 5.31. The molecule has 1 N–H and O–H groups in total. The van der Waals surface area contributed by atoms with Crippen LogP contribution in [0.5, 0.6) is 5.75 Å². The molecule has 0 aliphatic rings. The monoisotopic (exact) mass is 205 g/mol. The SMILES string of the molecule is CC(C)=CCNCCOc1ccccc1. The summed E-state index contributed by atoms with van der Waals surface area (Å²) in [5.74, 6) is 0.932. The van der Waals surface area contributed by atoms with E-state index in [0.717, 1.165) is 18.8 Å². The Morgan fingerprint density at radius 3 is 2.67 bits per heavy atom. The topological polar surface area (TPSA) is 21.3 Å². The van der Waals surface area contributed by atoms with Gasteiger partial charge in [0.05, 0.1) is 0 Å². The predicted octanol–water partition coefficient (Wildman–Crippen LogP) is 2.62. The summed E-state index contributed by atoms with van der Waals surface area (Å²) in [6.07, 6.45) is 2.17. The number of allylic oxidation sites excluding steroid dienone is 1. The summed E-state index contributed by atoms with van der Waals surface area (Å²) >= 11 is 0. The van der Waals surface area contributed by atoms with Crippen molar-refractivity contribution in [2.75, 3.05) is 19.7 Å². The van der Waals surface area contributed by atoms with Crippen LogP contribution in [0.4, 0.5) is 0 Å². The van der Waals surface area contributed by atoms with Crippen LogP contribution in [0.1, 0.15) is 13.8 Å². The first-order valence-electron chi connectivity index (χ1n) is 5.31. The third-order valence-electron chi connectivity index (χ3n) is 1.95. The fraction of sp³-hybridized carbons (Fsp3) is 0.385. The number of para-hydroxylation sites is 1. The molecule has 0 saturated heterocycles. The van der Waals surface area contributed by atoms with Crippen molar-refractivity contribution < 1.29 is 4.74 Å². The van der Waals surface area contributed by atoms with Gasteiger partial charge in [-0.2, -0.15) is 0 Å². The lowest BCUT2D eigenvalue weighted by atomic mass is 10.3. The second kappa shape index (κ2) is 7.07. The van der Waals surface area contributed by atoms with Gasteiger partial charge in [0, 0.05) is 13.1 Å². The number of hydrogen-bond donors (Lipinski definition) is 1. The lowest BCUT2D eigenvalue weighted by Crippen LogP contribution is -2.21. The molecule has 15 heavy (non-hydrogen) atoms. The Morgan fingerprint density at radius 1 is 1.27 bits per heavy atom. The van der Waals surface area contributed by atoms with Crippen LogP contribution in [0, 0.1) is 0 Å². The zero-order chi connectivity index (χ0) is 10.9. The molecule has 0 unspecified atom stereocenters. The molecule has 2 heteroatoms. The van der Waals surface area contributed by atoms with Gasteiger partial charge in [0.15, 0.2) is 0 Å². The van der Waals surface area contributed by atoms with E-state index in [1.54, 1.807) is 0 Å². The van der Waals surface area contributed by atoms with Gasteiger partial charge in [0.2, 0.25) is 0 Å². The summed E-state index contributed by atoms with van der Waals surface area (Å²) in [7, 11) is 0. The van der Waals surface area contributed by atoms with Crippen LogP contribution in [-0.4, -0.2) is 19.7 Å². The van der Waals surface area contributed by atoms with E-state index >= 15 is 0 Å². The molecular formula is C13H19NO. The largest absolute Gasteiger partial charge is 0.492 e. The molecule has 0 amide bonds. The molecule has 0 aliphatic heterocycles. The van der Waals surface area contributed by atoms with Crippen molar-refractivity contribution in [3.05, 3.63) is 42.0 Å². The van der Waals surface area contributed by atoms with Crippen LogP contribution in [0.25, 0.3) is 0 Å². The molecule has 0 aliphatic carbocycles. The maximum absolute atomic E-state index is 5.53. The Bertz CT molecular complexity index is 289. The summed E-state index contributed by atoms with van der Waals surface area (Å²) in [5, 5.41) is 3.29. The van der Waals surface area contributed by atoms with Crippen LogP contribution < -0.4 is 10.1 Å². The zero-order valence-corrected chi connectivity index (χ0v) is 9.49. The number of nitrogens with one attached hydrogen (secondary N) is 1. The van der Waals surface area contributed by atoms with Crippen molar-refractivity contribution in [3.63, 3.8) is 0 Å². The van der Waals surface area contributed by atoms with E-state index in [4.69, 9.17) is 4.74 Å². The number of hydrogen-bond acceptors (Lipinski definition) is 2. The molecule has 1 aromatic carbocycles. The summed E-state index contributed by atoms with van der Waals surface area (Å²) in [5.41, 5.74) is 1.34. The van der Waals surface area contributed by atoms with Gasteiger partial charge in [-0.05, 0) is 26.0 Å². The highest BCUT2D eigenvalue weighted by molar-refractivity contribution is 5.20. The van der Waals surface area contributed by atoms with Crippen LogP contribution in [0.3, 0.4) is 0 Å². The minimum absolute atomic E-state index is 0.709. The Balaban J connectivity index is 2.05. The van der Waals surface area contributed by atoms with Crippen molar-refractivity contribution in [2.45, 2.75) is 13.8 Å². The molecule has 2 nitrogen and oxygen atoms in total. The van der Waals surface area contributed by atoms with E-state index in [1.807, 2.05) is 30.3 Å². The van der Waals surface area contributed by atoms with Gasteiger partial charge in [0.25, 0.3) is 0 Å². The Hall–Kier alpha value is -1.28. The molecule has 0 radical (unpaired) electrons. The summed E-state index contributed by atoms with van der Waals surface area (Å²) < 4.78 is 5.53. The lowest BCUT2D eigenvalue weighted by Gasteiger charge is -2.05. The Labute approximate surface area is 92.0 Å². The molecule has 0 aromatic heterocycles. The molecule has 0 bridgehead atoms. The van der Waals surface area contributed by atoms with E-state index in [1.165, 1.54) is 5.57 Å². The minimum Gasteiger partial charge on any atom is -0.492 e. The van der Waals surface area contributed by atoms with Gasteiger partial charge >= 0.3 is 0 Å². The predicted molar refractivity (Wildman–Crippen MR) is 64.2 cm³/mol. The first-order chi connectivity index (χ1) is 7.29. The average molecular weight is 205 g/mol. The van der Waals surface area contributed by atoms with Gasteiger partial charge in [-0.3, -0.25) is 0 Å². The molecule has 0 spiro atoms. The van der Waals surface area contributed by atoms with E-state index in [0.29, 0.717) is 6.61 Å². The van der Waals surface area contributed by atoms with Gasteiger partial charge in [0.1, 0.15) is 12.4 Å². The highest BCUT2D eigenvalue weighted by Gasteiger charge is 1.90. The highest BCUT2D eigenvalue weighted by Crippen LogP contribution is 2.07. The average Bonchev–Trinajstić information content (AvgIpc) is 2.24. The molecule has 0 heterocycles. The molecule has 1 aromatic rings. The standard InChI is InChI=1S/C13H19NO/c1-12(2)8-9-14-10-11-15-13-6-4-3-5-7-13/h3-8,14H,9-11H2,1-2H3. The fourth-order valence-corrected chi connectivity index (χ4v) is 1.14. The maximum atomic E-state index is 5.53.